The first-order valence-electron chi connectivity index (χ1n) is 10.1. The van der Waals surface area contributed by atoms with Crippen molar-refractivity contribution < 1.29 is 14.0 Å². The van der Waals surface area contributed by atoms with Crippen LogP contribution in [0.5, 0.6) is 0 Å². The Bertz CT molecular complexity index is 365. The monoisotopic (exact) mass is 390 g/mol. The summed E-state index contributed by atoms with van der Waals surface area (Å²) < 4.78 is 13.2. The molecule has 0 aliphatic rings. The van der Waals surface area contributed by atoms with E-state index < -0.39 is 16.6 Å². The Labute approximate surface area is 160 Å². The van der Waals surface area contributed by atoms with Crippen LogP contribution in [0.4, 0.5) is 0 Å². The summed E-state index contributed by atoms with van der Waals surface area (Å²) in [5.74, 6) is 0.197. The molecule has 0 rings (SSSR count). The van der Waals surface area contributed by atoms with Gasteiger partial charge in [-0.2, -0.15) is 0 Å². The zero-order chi connectivity index (χ0) is 20.2. The van der Waals surface area contributed by atoms with Crippen LogP contribution in [0.2, 0.25) is 34.8 Å². The predicted octanol–water partition coefficient (Wildman–Crippen LogP) is 6.20. The molecule has 1 N–H and O–H groups in total. The molecule has 0 fully saturated rings. The Morgan fingerprint density at radius 3 is 1.52 bits per heavy atom. The lowest BCUT2D eigenvalue weighted by Gasteiger charge is -2.46. The molecular weight excluding hydrogens is 344 g/mol. The number of aliphatic hydroxyl groups is 1. The summed E-state index contributed by atoms with van der Waals surface area (Å²) in [6.45, 7) is 28.0. The zero-order valence-corrected chi connectivity index (χ0v) is 21.1. The summed E-state index contributed by atoms with van der Waals surface area (Å²) in [5, 5.41) is 10.3. The highest BCUT2D eigenvalue weighted by Gasteiger charge is 2.47. The number of rotatable bonds is 10. The van der Waals surface area contributed by atoms with E-state index in [0.717, 1.165) is 0 Å². The second-order valence-electron chi connectivity index (χ2n) is 10.2. The molecule has 0 radical (unpaired) electrons. The average Bonchev–Trinajstić information content (AvgIpc) is 2.43. The van der Waals surface area contributed by atoms with Crippen molar-refractivity contribution in [3.05, 3.63) is 0 Å². The molecular formula is C20H46O3Si2. The molecule has 25 heavy (non-hydrogen) atoms. The topological polar surface area (TPSA) is 38.7 Å². The van der Waals surface area contributed by atoms with Gasteiger partial charge < -0.3 is 14.0 Å². The van der Waals surface area contributed by atoms with Gasteiger partial charge in [0.15, 0.2) is 8.32 Å². The van der Waals surface area contributed by atoms with Crippen LogP contribution in [0.15, 0.2) is 0 Å². The van der Waals surface area contributed by atoms with E-state index in [-0.39, 0.29) is 23.7 Å². The van der Waals surface area contributed by atoms with Gasteiger partial charge in [-0.3, -0.25) is 0 Å². The third kappa shape index (κ3) is 6.16. The van der Waals surface area contributed by atoms with E-state index in [1.165, 1.54) is 0 Å². The average molecular weight is 391 g/mol. The van der Waals surface area contributed by atoms with Gasteiger partial charge in [0.2, 0.25) is 8.32 Å². The molecule has 0 unspecified atom stereocenters. The number of hydrogen-bond acceptors (Lipinski definition) is 3. The smallest absolute Gasteiger partial charge is 0.200 e. The van der Waals surface area contributed by atoms with Crippen LogP contribution in [0.3, 0.4) is 0 Å². The highest BCUT2D eigenvalue weighted by atomic mass is 28.4. The summed E-state index contributed by atoms with van der Waals surface area (Å²) in [7, 11) is -3.77. The van der Waals surface area contributed by atoms with Crippen molar-refractivity contribution >= 4 is 16.6 Å². The van der Waals surface area contributed by atoms with E-state index in [1.807, 2.05) is 0 Å². The van der Waals surface area contributed by atoms with Gasteiger partial charge in [-0.05, 0) is 34.8 Å². The largest absolute Gasteiger partial charge is 0.416 e. The number of aliphatic hydroxyl groups excluding tert-OH is 1. The van der Waals surface area contributed by atoms with Gasteiger partial charge in [0.05, 0.1) is 12.7 Å². The zero-order valence-electron chi connectivity index (χ0n) is 19.1. The fourth-order valence-corrected chi connectivity index (χ4v) is 10.4. The van der Waals surface area contributed by atoms with Crippen LogP contribution in [-0.4, -0.2) is 41.1 Å². The van der Waals surface area contributed by atoms with Crippen LogP contribution < -0.4 is 0 Å². The maximum atomic E-state index is 10.0. The van der Waals surface area contributed by atoms with Crippen molar-refractivity contribution in [1.29, 1.82) is 0 Å². The van der Waals surface area contributed by atoms with E-state index in [2.05, 4.69) is 82.3 Å². The highest BCUT2D eigenvalue weighted by molar-refractivity contribution is 6.77. The first-order chi connectivity index (χ1) is 11.1. The van der Waals surface area contributed by atoms with E-state index in [9.17, 15) is 5.11 Å². The first kappa shape index (κ1) is 25.3. The quantitative estimate of drug-likeness (QED) is 0.451. The van der Waals surface area contributed by atoms with Gasteiger partial charge >= 0.3 is 0 Å². The summed E-state index contributed by atoms with van der Waals surface area (Å²) in [6.07, 6.45) is -0.136. The second-order valence-corrected chi connectivity index (χ2v) is 20.4. The normalized spacial score (nSPS) is 16.8. The van der Waals surface area contributed by atoms with Crippen molar-refractivity contribution in [3.63, 3.8) is 0 Å². The van der Waals surface area contributed by atoms with Crippen molar-refractivity contribution in [2.24, 2.45) is 5.92 Å². The Balaban J connectivity index is 5.25. The molecule has 3 nitrogen and oxygen atoms in total. The second kappa shape index (κ2) is 9.49. The van der Waals surface area contributed by atoms with Gasteiger partial charge in [-0.25, -0.2) is 0 Å². The Kier molecular flexibility index (Phi) is 9.61. The van der Waals surface area contributed by atoms with Gasteiger partial charge in [0, 0.05) is 12.5 Å². The van der Waals surface area contributed by atoms with Crippen molar-refractivity contribution in [2.75, 3.05) is 13.2 Å². The molecule has 0 saturated carbocycles. The van der Waals surface area contributed by atoms with Gasteiger partial charge in [-0.15, -0.1) is 0 Å². The highest BCUT2D eigenvalue weighted by Crippen LogP contribution is 2.44. The van der Waals surface area contributed by atoms with Gasteiger partial charge in [0.1, 0.15) is 0 Å². The minimum atomic E-state index is -1.99. The predicted molar refractivity (Wildman–Crippen MR) is 115 cm³/mol. The van der Waals surface area contributed by atoms with Crippen LogP contribution in [-0.2, 0) is 8.85 Å². The molecule has 0 amide bonds. The van der Waals surface area contributed by atoms with Crippen LogP contribution in [0.25, 0.3) is 0 Å². The molecule has 2 atom stereocenters. The van der Waals surface area contributed by atoms with E-state index >= 15 is 0 Å². The molecule has 152 valence electrons. The summed E-state index contributed by atoms with van der Waals surface area (Å²) in [5.41, 5.74) is 1.57. The lowest BCUT2D eigenvalue weighted by molar-refractivity contribution is 0.0377. The maximum Gasteiger partial charge on any atom is 0.200 e. The van der Waals surface area contributed by atoms with Crippen molar-refractivity contribution in [1.82, 2.24) is 0 Å². The molecule has 0 aromatic heterocycles. The molecule has 0 aliphatic carbocycles. The third-order valence-corrected chi connectivity index (χ3v) is 17.0. The Hall–Kier alpha value is 0.314. The van der Waals surface area contributed by atoms with E-state index in [0.29, 0.717) is 23.2 Å². The Morgan fingerprint density at radius 2 is 1.24 bits per heavy atom. The van der Waals surface area contributed by atoms with Crippen LogP contribution >= 0.6 is 0 Å². The first-order valence-corrected chi connectivity index (χ1v) is 15.1. The number of hydrogen-bond donors (Lipinski definition) is 1. The minimum absolute atomic E-state index is 0.0724. The summed E-state index contributed by atoms with van der Waals surface area (Å²) in [4.78, 5) is 0. The lowest BCUT2D eigenvalue weighted by Crippen LogP contribution is -2.53. The molecule has 0 heterocycles. The van der Waals surface area contributed by atoms with Gasteiger partial charge in [0.25, 0.3) is 0 Å². The maximum absolute atomic E-state index is 10.0. The molecule has 5 heteroatoms. The molecule has 0 aliphatic heterocycles. The molecule has 0 saturated heterocycles. The SMILES string of the molecule is CC(C)[Si](O[C@@H](CO)[C@H](C)CO[Si](C)(C)C(C)(C)C)(C(C)C)C(C)C. The Morgan fingerprint density at radius 1 is 0.840 bits per heavy atom. The standard InChI is InChI=1S/C20H46O3Si2/c1-15(2)25(16(3)4,17(5)6)23-19(13-21)18(7)14-22-24(11,12)20(8,9)10/h15-19,21H,13-14H2,1-12H3/t18-,19+/m1/s1. The van der Waals surface area contributed by atoms with Crippen LogP contribution in [0, 0.1) is 5.92 Å². The molecule has 0 bridgehead atoms. The fraction of sp³-hybridized carbons (Fsp3) is 1.00. The van der Waals surface area contributed by atoms with Crippen LogP contribution in [0.1, 0.15) is 69.2 Å². The lowest BCUT2D eigenvalue weighted by atomic mass is 10.1. The fourth-order valence-electron chi connectivity index (χ4n) is 3.67. The molecule has 0 aromatic carbocycles. The minimum Gasteiger partial charge on any atom is -0.416 e. The third-order valence-electron chi connectivity index (χ3n) is 6.39. The van der Waals surface area contributed by atoms with E-state index in [4.69, 9.17) is 8.85 Å². The van der Waals surface area contributed by atoms with E-state index in [1.54, 1.807) is 0 Å². The van der Waals surface area contributed by atoms with Gasteiger partial charge in [-0.1, -0.05) is 69.2 Å². The summed E-state index contributed by atoms with van der Waals surface area (Å²) in [6, 6.07) is 0. The van der Waals surface area contributed by atoms with Crippen molar-refractivity contribution in [2.45, 2.75) is 110 Å². The molecule has 0 aromatic rings. The summed E-state index contributed by atoms with van der Waals surface area (Å²) >= 11 is 0. The molecule has 0 spiro atoms. The van der Waals surface area contributed by atoms with Crippen molar-refractivity contribution in [3.8, 4) is 0 Å².